The Morgan fingerprint density at radius 1 is 1.35 bits per heavy atom. The molecule has 1 fully saturated rings. The van der Waals surface area contributed by atoms with E-state index in [-0.39, 0.29) is 30.4 Å². The van der Waals surface area contributed by atoms with Crippen LogP contribution in [-0.2, 0) is 16.0 Å². The third-order valence-corrected chi connectivity index (χ3v) is 5.35. The van der Waals surface area contributed by atoms with Crippen molar-refractivity contribution >= 4 is 23.5 Å². The van der Waals surface area contributed by atoms with Gasteiger partial charge in [-0.15, -0.1) is 0 Å². The molecule has 2 amide bonds. The van der Waals surface area contributed by atoms with E-state index in [0.29, 0.717) is 36.1 Å². The second-order valence-corrected chi connectivity index (χ2v) is 7.54. The van der Waals surface area contributed by atoms with E-state index in [0.717, 1.165) is 18.4 Å². The van der Waals surface area contributed by atoms with Crippen molar-refractivity contribution in [1.82, 2.24) is 20.1 Å². The maximum atomic E-state index is 12.3. The molecule has 2 atom stereocenters. The van der Waals surface area contributed by atoms with Crippen LogP contribution in [-0.4, -0.2) is 64.6 Å². The molecule has 2 aromatic heterocycles. The monoisotopic (exact) mass is 428 g/mol. The zero-order valence-electron chi connectivity index (χ0n) is 18.0. The van der Waals surface area contributed by atoms with Gasteiger partial charge in [0.05, 0.1) is 24.9 Å². The van der Waals surface area contributed by atoms with Gasteiger partial charge in [-0.2, -0.15) is 5.10 Å². The highest BCUT2D eigenvalue weighted by Crippen LogP contribution is 2.31. The third-order valence-electron chi connectivity index (χ3n) is 5.35. The number of H-pyrrole nitrogens is 1. The summed E-state index contributed by atoms with van der Waals surface area (Å²) in [5.74, 6) is 0.544. The van der Waals surface area contributed by atoms with Gasteiger partial charge in [-0.3, -0.25) is 9.89 Å². The van der Waals surface area contributed by atoms with Crippen molar-refractivity contribution < 1.29 is 19.1 Å². The van der Waals surface area contributed by atoms with Crippen molar-refractivity contribution in [3.63, 3.8) is 0 Å². The zero-order chi connectivity index (χ0) is 22.4. The molecule has 31 heavy (non-hydrogen) atoms. The first-order valence-electron chi connectivity index (χ1n) is 10.2. The van der Waals surface area contributed by atoms with Crippen LogP contribution in [0.15, 0.2) is 24.4 Å². The normalized spacial score (nSPS) is 17.8. The molecule has 10 nitrogen and oxygen atoms in total. The standard InChI is InChI=1S/C21H28N6O4/c1-4-27(2)21(29)31-15-6-5-14(11-15)20(22)16-12-17(26-25-16)24-18(28)9-13-7-8-23-19(10-13)30-3/h7-8,10,12,14-15,22H,4-6,9,11H2,1-3H3,(H2,24,25,26,28)/t14-,15?/m1/s1. The number of carbonyl (C=O) groups is 2. The lowest BCUT2D eigenvalue weighted by molar-refractivity contribution is -0.115. The highest BCUT2D eigenvalue weighted by molar-refractivity contribution is 6.00. The van der Waals surface area contributed by atoms with Crippen LogP contribution >= 0.6 is 0 Å². The third kappa shape index (κ3) is 5.80. The van der Waals surface area contributed by atoms with Crippen LogP contribution in [0.25, 0.3) is 0 Å². The summed E-state index contributed by atoms with van der Waals surface area (Å²) in [6.07, 6.45) is 3.31. The van der Waals surface area contributed by atoms with E-state index in [1.54, 1.807) is 31.4 Å². The highest BCUT2D eigenvalue weighted by atomic mass is 16.6. The van der Waals surface area contributed by atoms with Gasteiger partial charge in [-0.1, -0.05) is 0 Å². The Balaban J connectivity index is 1.52. The molecule has 0 aromatic carbocycles. The smallest absolute Gasteiger partial charge is 0.409 e. The summed E-state index contributed by atoms with van der Waals surface area (Å²) in [5.41, 5.74) is 1.71. The van der Waals surface area contributed by atoms with Gasteiger partial charge < -0.3 is 25.1 Å². The number of methoxy groups -OCH3 is 1. The average Bonchev–Trinajstić information content (AvgIpc) is 3.42. The highest BCUT2D eigenvalue weighted by Gasteiger charge is 2.32. The minimum atomic E-state index is -0.335. The van der Waals surface area contributed by atoms with Crippen LogP contribution in [0.4, 0.5) is 10.6 Å². The number of carbonyl (C=O) groups excluding carboxylic acids is 2. The summed E-state index contributed by atoms with van der Waals surface area (Å²) in [6, 6.07) is 5.10. The predicted octanol–water partition coefficient (Wildman–Crippen LogP) is 2.62. The van der Waals surface area contributed by atoms with Crippen LogP contribution in [0, 0.1) is 11.3 Å². The van der Waals surface area contributed by atoms with Gasteiger partial charge in [-0.05, 0) is 37.8 Å². The number of ether oxygens (including phenoxy) is 2. The zero-order valence-corrected chi connectivity index (χ0v) is 18.0. The first-order valence-corrected chi connectivity index (χ1v) is 10.2. The van der Waals surface area contributed by atoms with Gasteiger partial charge in [0.1, 0.15) is 6.10 Å². The fourth-order valence-electron chi connectivity index (χ4n) is 3.46. The number of aromatic nitrogens is 3. The Bertz CT molecular complexity index is 943. The molecular weight excluding hydrogens is 400 g/mol. The molecule has 0 aliphatic heterocycles. The van der Waals surface area contributed by atoms with E-state index < -0.39 is 0 Å². The maximum Gasteiger partial charge on any atom is 0.409 e. The fraction of sp³-hybridized carbons (Fsp3) is 0.476. The van der Waals surface area contributed by atoms with Gasteiger partial charge >= 0.3 is 6.09 Å². The lowest BCUT2D eigenvalue weighted by atomic mass is 9.99. The summed E-state index contributed by atoms with van der Waals surface area (Å²) in [6.45, 7) is 2.47. The van der Waals surface area contributed by atoms with Gasteiger partial charge in [0, 0.05) is 37.8 Å². The van der Waals surface area contributed by atoms with Gasteiger partial charge in [0.25, 0.3) is 0 Å². The minimum absolute atomic E-state index is 0.0296. The van der Waals surface area contributed by atoms with Gasteiger partial charge in [0.2, 0.25) is 11.8 Å². The molecule has 1 saturated carbocycles. The second kappa shape index (κ2) is 10.1. The molecule has 2 aromatic rings. The van der Waals surface area contributed by atoms with Crippen LogP contribution < -0.4 is 10.1 Å². The van der Waals surface area contributed by atoms with Gasteiger partial charge in [0.15, 0.2) is 5.82 Å². The lowest BCUT2D eigenvalue weighted by Gasteiger charge is -2.18. The molecule has 1 aliphatic carbocycles. The molecule has 3 N–H and O–H groups in total. The van der Waals surface area contributed by atoms with Crippen LogP contribution in [0.3, 0.4) is 0 Å². The number of aromatic amines is 1. The number of nitrogens with zero attached hydrogens (tertiary/aromatic N) is 3. The Labute approximate surface area is 180 Å². The minimum Gasteiger partial charge on any atom is -0.481 e. The number of hydrogen-bond donors (Lipinski definition) is 3. The quantitative estimate of drug-likeness (QED) is 0.554. The van der Waals surface area contributed by atoms with Crippen LogP contribution in [0.5, 0.6) is 5.88 Å². The molecule has 3 rings (SSSR count). The molecule has 0 saturated heterocycles. The number of rotatable bonds is 8. The van der Waals surface area contributed by atoms with E-state index >= 15 is 0 Å². The number of amides is 2. The van der Waals surface area contributed by atoms with Crippen molar-refractivity contribution in [2.45, 2.75) is 38.7 Å². The van der Waals surface area contributed by atoms with E-state index in [1.807, 2.05) is 6.92 Å². The number of pyridine rings is 1. The fourth-order valence-corrected chi connectivity index (χ4v) is 3.46. The van der Waals surface area contributed by atoms with E-state index in [4.69, 9.17) is 14.9 Å². The summed E-state index contributed by atoms with van der Waals surface area (Å²) in [4.78, 5) is 29.8. The first kappa shape index (κ1) is 22.3. The van der Waals surface area contributed by atoms with Crippen LogP contribution in [0.2, 0.25) is 0 Å². The molecule has 0 spiro atoms. The number of hydrogen-bond acceptors (Lipinski definition) is 7. The Morgan fingerprint density at radius 2 is 2.16 bits per heavy atom. The van der Waals surface area contributed by atoms with E-state index in [1.165, 1.54) is 12.0 Å². The van der Waals surface area contributed by atoms with E-state index in [2.05, 4.69) is 20.5 Å². The number of anilines is 1. The molecule has 2 heterocycles. The Kier molecular flexibility index (Phi) is 7.22. The molecule has 10 heteroatoms. The summed E-state index contributed by atoms with van der Waals surface area (Å²) < 4.78 is 10.6. The number of nitrogens with one attached hydrogen (secondary N) is 3. The molecule has 166 valence electrons. The largest absolute Gasteiger partial charge is 0.481 e. The Morgan fingerprint density at radius 3 is 2.90 bits per heavy atom. The summed E-state index contributed by atoms with van der Waals surface area (Å²) >= 11 is 0. The average molecular weight is 428 g/mol. The Hall–Kier alpha value is -3.43. The molecule has 1 unspecified atom stereocenters. The van der Waals surface area contributed by atoms with E-state index in [9.17, 15) is 9.59 Å². The van der Waals surface area contributed by atoms with Crippen molar-refractivity contribution in [3.05, 3.63) is 35.7 Å². The molecule has 0 radical (unpaired) electrons. The molecule has 0 bridgehead atoms. The first-order chi connectivity index (χ1) is 14.9. The van der Waals surface area contributed by atoms with Crippen molar-refractivity contribution in [1.29, 1.82) is 5.41 Å². The summed E-state index contributed by atoms with van der Waals surface area (Å²) in [7, 11) is 3.22. The van der Waals surface area contributed by atoms with Crippen molar-refractivity contribution in [3.8, 4) is 5.88 Å². The predicted molar refractivity (Wildman–Crippen MR) is 114 cm³/mol. The maximum absolute atomic E-state index is 12.3. The second-order valence-electron chi connectivity index (χ2n) is 7.54. The molecular formula is C21H28N6O4. The lowest BCUT2D eigenvalue weighted by Crippen LogP contribution is -2.30. The van der Waals surface area contributed by atoms with Crippen molar-refractivity contribution in [2.24, 2.45) is 5.92 Å². The van der Waals surface area contributed by atoms with Crippen molar-refractivity contribution in [2.75, 3.05) is 26.0 Å². The topological polar surface area (TPSA) is 133 Å². The van der Waals surface area contributed by atoms with Crippen LogP contribution in [0.1, 0.15) is 37.4 Å². The SMILES string of the molecule is CCN(C)C(=O)OC1CC[C@@H](C(=N)c2cc(NC(=O)Cc3ccnc(OC)c3)n[nH]2)C1. The van der Waals surface area contributed by atoms with Gasteiger partial charge in [-0.25, -0.2) is 9.78 Å². The molecule has 1 aliphatic rings. The summed E-state index contributed by atoms with van der Waals surface area (Å²) in [5, 5.41) is 18.1.